The number of hydrogen-bond donors (Lipinski definition) is 2. The van der Waals surface area contributed by atoms with Gasteiger partial charge in [-0.3, -0.25) is 10.6 Å². The van der Waals surface area contributed by atoms with E-state index in [9.17, 15) is 4.79 Å². The van der Waals surface area contributed by atoms with Crippen LogP contribution in [-0.4, -0.2) is 48.4 Å². The summed E-state index contributed by atoms with van der Waals surface area (Å²) in [6.07, 6.45) is 0. The van der Waals surface area contributed by atoms with Crippen LogP contribution in [0.2, 0.25) is 0 Å². The fourth-order valence-corrected chi connectivity index (χ4v) is 2.56. The second-order valence-electron chi connectivity index (χ2n) is 5.30. The van der Waals surface area contributed by atoms with Gasteiger partial charge < -0.3 is 15.2 Å². The van der Waals surface area contributed by atoms with Crippen molar-refractivity contribution < 1.29 is 4.79 Å². The number of anilines is 1. The van der Waals surface area contributed by atoms with Crippen molar-refractivity contribution in [2.45, 2.75) is 19.9 Å². The molecule has 0 spiro atoms. The van der Waals surface area contributed by atoms with Gasteiger partial charge in [0.15, 0.2) is 0 Å². The van der Waals surface area contributed by atoms with Crippen LogP contribution in [0.15, 0.2) is 18.2 Å². The highest BCUT2D eigenvalue weighted by Gasteiger charge is 2.27. The summed E-state index contributed by atoms with van der Waals surface area (Å²) in [4.78, 5) is 16.8. The van der Waals surface area contributed by atoms with Crippen LogP contribution < -0.4 is 11.3 Å². The molecule has 1 unspecified atom stereocenters. The number of likely N-dealkylation sites (N-methyl/N-ethyl adjacent to an activating group) is 1. The molecule has 2 rings (SSSR count). The number of amides is 1. The maximum Gasteiger partial charge on any atom is 0.256 e. The third-order valence-electron chi connectivity index (χ3n) is 3.65. The first-order chi connectivity index (χ1) is 9.02. The Kier molecular flexibility index (Phi) is 4.07. The molecule has 0 aromatic heterocycles. The molecule has 1 fully saturated rings. The highest BCUT2D eigenvalue weighted by Crippen LogP contribution is 2.21. The van der Waals surface area contributed by atoms with E-state index in [1.807, 2.05) is 30.0 Å². The molecular weight excluding hydrogens is 240 g/mol. The maximum atomic E-state index is 12.6. The van der Waals surface area contributed by atoms with E-state index < -0.39 is 0 Å². The van der Waals surface area contributed by atoms with Gasteiger partial charge in [0.25, 0.3) is 5.91 Å². The summed E-state index contributed by atoms with van der Waals surface area (Å²) in [5.41, 5.74) is 5.04. The van der Waals surface area contributed by atoms with E-state index in [0.717, 1.165) is 25.2 Å². The van der Waals surface area contributed by atoms with Crippen LogP contribution >= 0.6 is 0 Å². The number of nitrogens with two attached hydrogens (primary N) is 1. The Morgan fingerprint density at radius 3 is 2.79 bits per heavy atom. The van der Waals surface area contributed by atoms with E-state index in [1.165, 1.54) is 0 Å². The van der Waals surface area contributed by atoms with E-state index in [2.05, 4.69) is 24.3 Å². The van der Waals surface area contributed by atoms with Crippen molar-refractivity contribution in [3.63, 3.8) is 0 Å². The van der Waals surface area contributed by atoms with Crippen LogP contribution in [-0.2, 0) is 0 Å². The molecule has 1 aliphatic rings. The lowest BCUT2D eigenvalue weighted by Crippen LogP contribution is -2.52. The first-order valence-corrected chi connectivity index (χ1v) is 6.59. The van der Waals surface area contributed by atoms with E-state index in [1.54, 1.807) is 0 Å². The van der Waals surface area contributed by atoms with Crippen LogP contribution in [0.25, 0.3) is 0 Å². The van der Waals surface area contributed by atoms with Gasteiger partial charge in [0.2, 0.25) is 0 Å². The number of nitrogen functional groups attached to an aromatic ring is 1. The van der Waals surface area contributed by atoms with Crippen LogP contribution in [0.1, 0.15) is 22.8 Å². The second kappa shape index (κ2) is 5.59. The van der Waals surface area contributed by atoms with Crippen molar-refractivity contribution in [1.82, 2.24) is 9.80 Å². The van der Waals surface area contributed by atoms with Gasteiger partial charge >= 0.3 is 0 Å². The first-order valence-electron chi connectivity index (χ1n) is 6.59. The maximum absolute atomic E-state index is 12.6. The van der Waals surface area contributed by atoms with Gasteiger partial charge in [-0.1, -0.05) is 6.07 Å². The third-order valence-corrected chi connectivity index (χ3v) is 3.65. The van der Waals surface area contributed by atoms with Gasteiger partial charge in [-0.05, 0) is 38.6 Å². The van der Waals surface area contributed by atoms with Crippen LogP contribution in [0.3, 0.4) is 0 Å². The number of carbonyl (C=O) groups is 1. The Morgan fingerprint density at radius 1 is 1.42 bits per heavy atom. The molecule has 1 saturated heterocycles. The Bertz CT molecular complexity index is 475. The van der Waals surface area contributed by atoms with Crippen LogP contribution in [0, 0.1) is 6.92 Å². The molecule has 0 aliphatic carbocycles. The Labute approximate surface area is 114 Å². The smallest absolute Gasteiger partial charge is 0.256 e. The molecule has 0 radical (unpaired) electrons. The normalized spacial score (nSPS) is 20.4. The Hall–Kier alpha value is -1.59. The van der Waals surface area contributed by atoms with E-state index >= 15 is 0 Å². The van der Waals surface area contributed by atoms with Crippen molar-refractivity contribution in [3.05, 3.63) is 29.3 Å². The number of rotatable bonds is 2. The minimum atomic E-state index is 0.0496. The summed E-state index contributed by atoms with van der Waals surface area (Å²) in [5, 5.41) is 0. The molecule has 1 atom stereocenters. The minimum absolute atomic E-state index is 0.0496. The minimum Gasteiger partial charge on any atom is -0.333 e. The molecule has 1 amide bonds. The molecule has 5 heteroatoms. The van der Waals surface area contributed by atoms with Crippen molar-refractivity contribution in [1.29, 1.82) is 0 Å². The zero-order valence-corrected chi connectivity index (χ0v) is 11.8. The summed E-state index contributed by atoms with van der Waals surface area (Å²) in [6, 6.07) is 5.90. The molecule has 104 valence electrons. The van der Waals surface area contributed by atoms with Gasteiger partial charge in [0.1, 0.15) is 0 Å². The number of benzene rings is 1. The predicted molar refractivity (Wildman–Crippen MR) is 77.0 cm³/mol. The van der Waals surface area contributed by atoms with Gasteiger partial charge in [0, 0.05) is 25.7 Å². The lowest BCUT2D eigenvalue weighted by atomic mass is 10.1. The monoisotopic (exact) mass is 262 g/mol. The number of nitrogens with one attached hydrogen (secondary N) is 1. The zero-order valence-electron chi connectivity index (χ0n) is 11.8. The second-order valence-corrected chi connectivity index (χ2v) is 5.30. The molecule has 1 aromatic carbocycles. The molecule has 1 aliphatic heterocycles. The molecule has 3 N–H and O–H groups in total. The number of piperazine rings is 1. The van der Waals surface area contributed by atoms with Gasteiger partial charge in [0.05, 0.1) is 11.3 Å². The average molecular weight is 262 g/mol. The lowest BCUT2D eigenvalue weighted by molar-refractivity contribution is 0.0534. The third kappa shape index (κ3) is 2.88. The van der Waals surface area contributed by atoms with E-state index in [0.29, 0.717) is 11.3 Å². The number of nitrogens with zero attached hydrogens (tertiary/aromatic N) is 2. The van der Waals surface area contributed by atoms with Crippen LogP contribution in [0.4, 0.5) is 5.69 Å². The van der Waals surface area contributed by atoms with E-state index in [-0.39, 0.29) is 11.9 Å². The highest BCUT2D eigenvalue weighted by molar-refractivity contribution is 5.99. The standard InChI is InChI=1S/C14H22N4O/c1-10-4-5-12(13(8-10)16-15)14(19)18-7-6-17(3)9-11(18)2/h4-5,8,11,16H,6-7,9,15H2,1-3H3. The fraction of sp³-hybridized carbons (Fsp3) is 0.500. The van der Waals surface area contributed by atoms with Crippen LogP contribution in [0.5, 0.6) is 0 Å². The van der Waals surface area contributed by atoms with Gasteiger partial charge in [-0.25, -0.2) is 0 Å². The van der Waals surface area contributed by atoms with Crippen molar-refractivity contribution in [3.8, 4) is 0 Å². The summed E-state index contributed by atoms with van der Waals surface area (Å²) in [7, 11) is 2.08. The fourth-order valence-electron chi connectivity index (χ4n) is 2.56. The number of carbonyl (C=O) groups excluding carboxylic acids is 1. The van der Waals surface area contributed by atoms with E-state index in [4.69, 9.17) is 5.84 Å². The molecule has 5 nitrogen and oxygen atoms in total. The number of hydrogen-bond acceptors (Lipinski definition) is 4. The van der Waals surface area contributed by atoms with Crippen molar-refractivity contribution in [2.24, 2.45) is 5.84 Å². The van der Waals surface area contributed by atoms with Gasteiger partial charge in [-0.2, -0.15) is 0 Å². The summed E-state index contributed by atoms with van der Waals surface area (Å²) < 4.78 is 0. The first kappa shape index (κ1) is 13.8. The summed E-state index contributed by atoms with van der Waals surface area (Å²) in [5.74, 6) is 5.56. The van der Waals surface area contributed by atoms with Crippen molar-refractivity contribution >= 4 is 11.6 Å². The molecule has 1 heterocycles. The number of aryl methyl sites for hydroxylation is 1. The summed E-state index contributed by atoms with van der Waals surface area (Å²) in [6.45, 7) is 6.63. The molecule has 19 heavy (non-hydrogen) atoms. The average Bonchev–Trinajstić information content (AvgIpc) is 2.37. The van der Waals surface area contributed by atoms with Gasteiger partial charge in [-0.15, -0.1) is 0 Å². The Morgan fingerprint density at radius 2 is 2.16 bits per heavy atom. The highest BCUT2D eigenvalue weighted by atomic mass is 16.2. The molecule has 0 saturated carbocycles. The predicted octanol–water partition coefficient (Wildman–Crippen LogP) is 1.06. The molecule has 1 aromatic rings. The number of hydrazine groups is 1. The van der Waals surface area contributed by atoms with Crippen molar-refractivity contribution in [2.75, 3.05) is 32.1 Å². The zero-order chi connectivity index (χ0) is 14.0. The lowest BCUT2D eigenvalue weighted by Gasteiger charge is -2.38. The summed E-state index contributed by atoms with van der Waals surface area (Å²) >= 11 is 0. The quantitative estimate of drug-likeness (QED) is 0.618. The topological polar surface area (TPSA) is 61.6 Å². The molecular formula is C14H22N4O. The SMILES string of the molecule is Cc1ccc(C(=O)N2CCN(C)CC2C)c(NN)c1. The largest absolute Gasteiger partial charge is 0.333 e. The Balaban J connectivity index is 2.24. The molecule has 0 bridgehead atoms.